The molecule has 0 spiro atoms. The molecule has 1 aromatic rings. The Morgan fingerprint density at radius 1 is 0.806 bits per heavy atom. The molecule has 2 aliphatic heterocycles. The van der Waals surface area contributed by atoms with Crippen LogP contribution in [-0.4, -0.2) is 118 Å². The number of piperazine rings is 2. The molecule has 2 heterocycles. The van der Waals surface area contributed by atoms with E-state index in [0.717, 1.165) is 84.0 Å². The van der Waals surface area contributed by atoms with Crippen LogP contribution >= 0.6 is 0 Å². The van der Waals surface area contributed by atoms with Crippen LogP contribution in [0.1, 0.15) is 30.1 Å². The summed E-state index contributed by atoms with van der Waals surface area (Å²) >= 11 is 0. The lowest BCUT2D eigenvalue weighted by Crippen LogP contribution is -2.44. The Balaban J connectivity index is 1.41. The van der Waals surface area contributed by atoms with Gasteiger partial charge < -0.3 is 29.1 Å². The second kappa shape index (κ2) is 12.4. The summed E-state index contributed by atoms with van der Waals surface area (Å²) in [5.74, 6) is 1.44. The van der Waals surface area contributed by atoms with Crippen LogP contribution in [0.5, 0.6) is 11.5 Å². The van der Waals surface area contributed by atoms with Crippen molar-refractivity contribution >= 4 is 5.78 Å². The molecule has 0 bridgehead atoms. The smallest absolute Gasteiger partial charge is 0.163 e. The largest absolute Gasteiger partial charge is 0.493 e. The molecule has 174 valence electrons. The number of likely N-dealkylation sites (N-methyl/N-ethyl adjacent to an activating group) is 2. The molecule has 0 unspecified atom stereocenters. The van der Waals surface area contributed by atoms with Gasteiger partial charge in [0.2, 0.25) is 0 Å². The standard InChI is InChI=1S/C24H40N4O3/c1-21(29)23-7-6-22(30-18-4-8-27-14-10-25(2)11-15-27)20-24(23)31-19-5-9-28-16-12-26(3)13-17-28/h6-7,20H,4-5,8-19H2,1-3H3. The first kappa shape index (κ1) is 24.0. The first-order chi connectivity index (χ1) is 15.0. The minimum atomic E-state index is 0.0238. The highest BCUT2D eigenvalue weighted by Gasteiger charge is 2.15. The lowest BCUT2D eigenvalue weighted by molar-refractivity contribution is 0.101. The van der Waals surface area contributed by atoms with Gasteiger partial charge in [0.15, 0.2) is 5.78 Å². The molecule has 0 amide bonds. The predicted octanol–water partition coefficient (Wildman–Crippen LogP) is 1.92. The maximum absolute atomic E-state index is 12.0. The highest BCUT2D eigenvalue weighted by atomic mass is 16.5. The van der Waals surface area contributed by atoms with E-state index in [-0.39, 0.29) is 5.78 Å². The van der Waals surface area contributed by atoms with Gasteiger partial charge in [-0.2, -0.15) is 0 Å². The number of hydrogen-bond acceptors (Lipinski definition) is 7. The van der Waals surface area contributed by atoms with Gasteiger partial charge in [-0.15, -0.1) is 0 Å². The number of ether oxygens (including phenoxy) is 2. The minimum absolute atomic E-state index is 0.0238. The van der Waals surface area contributed by atoms with Gasteiger partial charge in [0.05, 0.1) is 18.8 Å². The van der Waals surface area contributed by atoms with E-state index in [0.29, 0.717) is 24.5 Å². The van der Waals surface area contributed by atoms with Gasteiger partial charge in [0.1, 0.15) is 11.5 Å². The number of benzene rings is 1. The number of hydrogen-bond donors (Lipinski definition) is 0. The third-order valence-corrected chi connectivity index (χ3v) is 6.29. The zero-order chi connectivity index (χ0) is 22.1. The van der Waals surface area contributed by atoms with Crippen molar-refractivity contribution in [2.24, 2.45) is 0 Å². The van der Waals surface area contributed by atoms with Crippen LogP contribution < -0.4 is 9.47 Å². The molecule has 0 aromatic heterocycles. The SMILES string of the molecule is CC(=O)c1ccc(OCCCN2CCN(C)CC2)cc1OCCCN1CCN(C)CC1. The van der Waals surface area contributed by atoms with Crippen molar-refractivity contribution in [2.45, 2.75) is 19.8 Å². The third kappa shape index (κ3) is 8.07. The second-order valence-corrected chi connectivity index (χ2v) is 8.91. The van der Waals surface area contributed by atoms with Crippen LogP contribution in [0.4, 0.5) is 0 Å². The molecule has 3 rings (SSSR count). The zero-order valence-electron chi connectivity index (χ0n) is 19.6. The minimum Gasteiger partial charge on any atom is -0.493 e. The monoisotopic (exact) mass is 432 g/mol. The summed E-state index contributed by atoms with van der Waals surface area (Å²) in [7, 11) is 4.35. The Hall–Kier alpha value is -1.67. The fourth-order valence-electron chi connectivity index (χ4n) is 4.09. The number of nitrogens with zero attached hydrogens (tertiary/aromatic N) is 4. The van der Waals surface area contributed by atoms with Crippen molar-refractivity contribution in [3.63, 3.8) is 0 Å². The van der Waals surface area contributed by atoms with Crippen molar-refractivity contribution in [3.8, 4) is 11.5 Å². The maximum Gasteiger partial charge on any atom is 0.163 e. The summed E-state index contributed by atoms with van der Waals surface area (Å²) < 4.78 is 12.0. The van der Waals surface area contributed by atoms with Crippen LogP contribution in [0.3, 0.4) is 0 Å². The molecule has 0 atom stereocenters. The summed E-state index contributed by atoms with van der Waals surface area (Å²) in [6, 6.07) is 5.58. The third-order valence-electron chi connectivity index (χ3n) is 6.29. The van der Waals surface area contributed by atoms with Gasteiger partial charge in [-0.25, -0.2) is 0 Å². The topological polar surface area (TPSA) is 48.5 Å². The summed E-state index contributed by atoms with van der Waals surface area (Å²) in [6.45, 7) is 14.0. The summed E-state index contributed by atoms with van der Waals surface area (Å²) in [4.78, 5) is 21.7. The van der Waals surface area contributed by atoms with E-state index in [1.54, 1.807) is 6.92 Å². The lowest BCUT2D eigenvalue weighted by atomic mass is 10.1. The van der Waals surface area contributed by atoms with Gasteiger partial charge >= 0.3 is 0 Å². The van der Waals surface area contributed by atoms with Gasteiger partial charge in [-0.1, -0.05) is 0 Å². The van der Waals surface area contributed by atoms with Gasteiger partial charge in [-0.3, -0.25) is 4.79 Å². The molecule has 0 saturated carbocycles. The first-order valence-electron chi connectivity index (χ1n) is 11.7. The van der Waals surface area contributed by atoms with E-state index in [2.05, 4.69) is 33.7 Å². The Kier molecular flexibility index (Phi) is 9.58. The van der Waals surface area contributed by atoms with E-state index in [1.165, 1.54) is 0 Å². The second-order valence-electron chi connectivity index (χ2n) is 8.91. The summed E-state index contributed by atoms with van der Waals surface area (Å²) in [6.07, 6.45) is 1.95. The number of Topliss-reactive ketones (excluding diaryl/α,β-unsaturated/α-hetero) is 1. The quantitative estimate of drug-likeness (QED) is 0.391. The fourth-order valence-corrected chi connectivity index (χ4v) is 4.09. The molecule has 0 aliphatic carbocycles. The number of rotatable bonds is 11. The molecular formula is C24H40N4O3. The molecule has 2 aliphatic rings. The van der Waals surface area contributed by atoms with Crippen molar-refractivity contribution in [1.29, 1.82) is 0 Å². The Labute approximate surface area is 187 Å². The van der Waals surface area contributed by atoms with Gasteiger partial charge in [-0.05, 0) is 46.0 Å². The molecule has 0 N–H and O–H groups in total. The van der Waals surface area contributed by atoms with E-state index in [9.17, 15) is 4.79 Å². The van der Waals surface area contributed by atoms with E-state index in [4.69, 9.17) is 9.47 Å². The Morgan fingerprint density at radius 3 is 1.84 bits per heavy atom. The van der Waals surface area contributed by atoms with Gasteiger partial charge in [0, 0.05) is 71.5 Å². The maximum atomic E-state index is 12.0. The average molecular weight is 433 g/mol. The number of carbonyl (C=O) groups excluding carboxylic acids is 1. The van der Waals surface area contributed by atoms with E-state index >= 15 is 0 Å². The van der Waals surface area contributed by atoms with Crippen LogP contribution in [0.25, 0.3) is 0 Å². The molecular weight excluding hydrogens is 392 g/mol. The fraction of sp³-hybridized carbons (Fsp3) is 0.708. The number of ketones is 1. The number of carbonyl (C=O) groups is 1. The van der Waals surface area contributed by atoms with Crippen molar-refractivity contribution in [2.75, 3.05) is 92.8 Å². The lowest BCUT2D eigenvalue weighted by Gasteiger charge is -2.32. The Morgan fingerprint density at radius 2 is 1.32 bits per heavy atom. The van der Waals surface area contributed by atoms with Crippen LogP contribution in [-0.2, 0) is 0 Å². The predicted molar refractivity (Wildman–Crippen MR) is 125 cm³/mol. The van der Waals surface area contributed by atoms with Crippen LogP contribution in [0.15, 0.2) is 18.2 Å². The summed E-state index contributed by atoms with van der Waals surface area (Å²) in [5, 5.41) is 0. The summed E-state index contributed by atoms with van der Waals surface area (Å²) in [5.41, 5.74) is 0.629. The highest BCUT2D eigenvalue weighted by molar-refractivity contribution is 5.97. The highest BCUT2D eigenvalue weighted by Crippen LogP contribution is 2.26. The van der Waals surface area contributed by atoms with Crippen molar-refractivity contribution in [3.05, 3.63) is 23.8 Å². The van der Waals surface area contributed by atoms with E-state index in [1.807, 2.05) is 18.2 Å². The van der Waals surface area contributed by atoms with Crippen molar-refractivity contribution in [1.82, 2.24) is 19.6 Å². The van der Waals surface area contributed by atoms with Gasteiger partial charge in [0.25, 0.3) is 0 Å². The zero-order valence-corrected chi connectivity index (χ0v) is 19.6. The molecule has 7 heteroatoms. The molecule has 7 nitrogen and oxygen atoms in total. The first-order valence-corrected chi connectivity index (χ1v) is 11.7. The van der Waals surface area contributed by atoms with Crippen molar-refractivity contribution < 1.29 is 14.3 Å². The molecule has 2 fully saturated rings. The Bertz CT molecular complexity index is 683. The van der Waals surface area contributed by atoms with Crippen LogP contribution in [0, 0.1) is 0 Å². The molecule has 2 saturated heterocycles. The normalized spacial score (nSPS) is 19.5. The van der Waals surface area contributed by atoms with Crippen LogP contribution in [0.2, 0.25) is 0 Å². The molecule has 0 radical (unpaired) electrons. The molecule has 1 aromatic carbocycles. The average Bonchev–Trinajstić information content (AvgIpc) is 2.76. The molecule has 31 heavy (non-hydrogen) atoms. The van der Waals surface area contributed by atoms with E-state index < -0.39 is 0 Å².